The van der Waals surface area contributed by atoms with Gasteiger partial charge in [-0.25, -0.2) is 0 Å². The molecule has 0 bridgehead atoms. The van der Waals surface area contributed by atoms with Gasteiger partial charge in [-0.3, -0.25) is 0 Å². The Morgan fingerprint density at radius 2 is 1.75 bits per heavy atom. The van der Waals surface area contributed by atoms with Gasteiger partial charge in [-0.2, -0.15) is 5.10 Å². The third kappa shape index (κ3) is 7.48. The fraction of sp³-hybridized carbons (Fsp3) is 0.167. The Hall–Kier alpha value is -2.67. The van der Waals surface area contributed by atoms with Gasteiger partial charge in [0.15, 0.2) is 16.7 Å². The molecule has 0 aliphatic rings. The second-order valence-corrected chi connectivity index (χ2v) is 8.44. The molecular weight excluding hydrogens is 465 g/mol. The molecule has 0 saturated heterocycles. The highest BCUT2D eigenvalue weighted by atomic mass is 35.5. The lowest BCUT2D eigenvalue weighted by Crippen LogP contribution is -2.06. The number of benzene rings is 3. The molecule has 0 unspecified atom stereocenters. The second-order valence-electron chi connectivity index (χ2n) is 6.63. The first-order valence-corrected chi connectivity index (χ1v) is 11.7. The minimum Gasteiger partial charge on any atom is -0.490 e. The Morgan fingerprint density at radius 3 is 2.50 bits per heavy atom. The van der Waals surface area contributed by atoms with Crippen molar-refractivity contribution in [3.63, 3.8) is 0 Å². The fourth-order valence-corrected chi connectivity index (χ4v) is 3.63. The molecule has 0 fully saturated rings. The van der Waals surface area contributed by atoms with Crippen molar-refractivity contribution in [3.05, 3.63) is 93.5 Å². The highest BCUT2D eigenvalue weighted by Gasteiger charge is 2.07. The first-order valence-electron chi connectivity index (χ1n) is 9.92. The van der Waals surface area contributed by atoms with Crippen molar-refractivity contribution in [1.82, 2.24) is 0 Å². The van der Waals surface area contributed by atoms with Crippen molar-refractivity contribution in [2.75, 3.05) is 6.61 Å². The fourth-order valence-electron chi connectivity index (χ4n) is 2.70. The van der Waals surface area contributed by atoms with E-state index in [2.05, 4.69) is 10.2 Å². The molecule has 0 saturated carbocycles. The van der Waals surface area contributed by atoms with Gasteiger partial charge in [0.1, 0.15) is 6.61 Å². The number of hydrogen-bond donors (Lipinski definition) is 1. The number of nitrogens with zero attached hydrogens (tertiary/aromatic N) is 2. The lowest BCUT2D eigenvalue weighted by atomic mass is 10.2. The summed E-state index contributed by atoms with van der Waals surface area (Å²) in [5, 5.41) is 9.55. The third-order valence-electron chi connectivity index (χ3n) is 4.24. The zero-order valence-corrected chi connectivity index (χ0v) is 19.8. The van der Waals surface area contributed by atoms with E-state index >= 15 is 0 Å². The summed E-state index contributed by atoms with van der Waals surface area (Å²) >= 11 is 13.5. The van der Waals surface area contributed by atoms with Gasteiger partial charge < -0.3 is 15.2 Å². The van der Waals surface area contributed by atoms with Crippen LogP contribution in [0.25, 0.3) is 0 Å². The summed E-state index contributed by atoms with van der Waals surface area (Å²) < 4.78 is 11.6. The normalized spacial score (nSPS) is 11.7. The number of ether oxygens (including phenoxy) is 2. The van der Waals surface area contributed by atoms with Gasteiger partial charge in [-0.1, -0.05) is 71.4 Å². The van der Waals surface area contributed by atoms with Crippen LogP contribution in [0.4, 0.5) is 0 Å². The van der Waals surface area contributed by atoms with E-state index in [4.69, 9.17) is 38.4 Å². The Kier molecular flexibility index (Phi) is 9.28. The number of thioether (sulfide) groups is 1. The number of amidine groups is 1. The molecular formula is C24H23Cl2N3O2S. The monoisotopic (exact) mass is 487 g/mol. The van der Waals surface area contributed by atoms with E-state index in [1.54, 1.807) is 18.3 Å². The molecule has 5 nitrogen and oxygen atoms in total. The predicted molar refractivity (Wildman–Crippen MR) is 135 cm³/mol. The van der Waals surface area contributed by atoms with Crippen molar-refractivity contribution in [2.45, 2.75) is 19.3 Å². The summed E-state index contributed by atoms with van der Waals surface area (Å²) in [6.45, 7) is 2.76. The molecule has 3 aromatic carbocycles. The smallest absolute Gasteiger partial charge is 0.180 e. The summed E-state index contributed by atoms with van der Waals surface area (Å²) in [4.78, 5) is 0. The SMILES string of the molecule is CCOc1cc(C=NN=C(N)SCc2ccccc2)ccc1OCc1ccc(Cl)c(Cl)c1. The summed E-state index contributed by atoms with van der Waals surface area (Å²) in [5.74, 6) is 1.98. The Balaban J connectivity index is 1.61. The van der Waals surface area contributed by atoms with Gasteiger partial charge in [-0.05, 0) is 53.9 Å². The molecule has 3 aromatic rings. The van der Waals surface area contributed by atoms with Gasteiger partial charge in [-0.15, -0.1) is 5.10 Å². The van der Waals surface area contributed by atoms with E-state index in [9.17, 15) is 0 Å². The van der Waals surface area contributed by atoms with Crippen molar-refractivity contribution in [2.24, 2.45) is 15.9 Å². The van der Waals surface area contributed by atoms with E-state index in [0.717, 1.165) is 16.9 Å². The van der Waals surface area contributed by atoms with Crippen LogP contribution in [-0.4, -0.2) is 18.0 Å². The summed E-state index contributed by atoms with van der Waals surface area (Å²) in [6.07, 6.45) is 1.63. The zero-order chi connectivity index (χ0) is 22.8. The van der Waals surface area contributed by atoms with Crippen LogP contribution in [0.5, 0.6) is 11.5 Å². The molecule has 2 N–H and O–H groups in total. The first kappa shape index (κ1) is 24.0. The molecule has 0 heterocycles. The second kappa shape index (κ2) is 12.4. The molecule has 0 atom stereocenters. The average molecular weight is 488 g/mol. The minimum absolute atomic E-state index is 0.337. The first-order chi connectivity index (χ1) is 15.5. The standard InChI is InChI=1S/C24H23Cl2N3O2S/c1-2-30-23-13-18(14-28-29-24(27)32-16-17-6-4-3-5-7-17)9-11-22(23)31-15-19-8-10-20(25)21(26)12-19/h3-14H,2,15-16H2,1H3,(H2,27,29). The molecule has 32 heavy (non-hydrogen) atoms. The third-order valence-corrected chi connectivity index (χ3v) is 5.83. The topological polar surface area (TPSA) is 69.2 Å². The number of nitrogens with two attached hydrogens (primary N) is 1. The van der Waals surface area contributed by atoms with Crippen LogP contribution in [0.3, 0.4) is 0 Å². The van der Waals surface area contributed by atoms with Crippen LogP contribution in [-0.2, 0) is 12.4 Å². The molecule has 3 rings (SSSR count). The molecule has 166 valence electrons. The molecule has 0 aliphatic carbocycles. The van der Waals surface area contributed by atoms with E-state index in [0.29, 0.717) is 39.9 Å². The molecule has 8 heteroatoms. The van der Waals surface area contributed by atoms with E-state index in [1.807, 2.05) is 61.5 Å². The number of halogens is 2. The van der Waals surface area contributed by atoms with Crippen molar-refractivity contribution in [3.8, 4) is 11.5 Å². The van der Waals surface area contributed by atoms with Crippen LogP contribution in [0, 0.1) is 0 Å². The van der Waals surface area contributed by atoms with E-state index in [-0.39, 0.29) is 0 Å². The zero-order valence-electron chi connectivity index (χ0n) is 17.5. The summed E-state index contributed by atoms with van der Waals surface area (Å²) in [7, 11) is 0. The molecule has 0 aliphatic heterocycles. The summed E-state index contributed by atoms with van der Waals surface area (Å²) in [5.41, 5.74) is 8.84. The number of hydrogen-bond acceptors (Lipinski definition) is 5. The molecule has 0 aromatic heterocycles. The maximum Gasteiger partial charge on any atom is 0.180 e. The maximum absolute atomic E-state index is 6.07. The molecule has 0 radical (unpaired) electrons. The lowest BCUT2D eigenvalue weighted by Gasteiger charge is -2.13. The van der Waals surface area contributed by atoms with Crippen LogP contribution in [0.2, 0.25) is 10.0 Å². The van der Waals surface area contributed by atoms with E-state index < -0.39 is 0 Å². The minimum atomic E-state index is 0.337. The van der Waals surface area contributed by atoms with Gasteiger partial charge in [0.25, 0.3) is 0 Å². The van der Waals surface area contributed by atoms with Gasteiger partial charge in [0.05, 0.1) is 22.9 Å². The van der Waals surface area contributed by atoms with Crippen LogP contribution >= 0.6 is 35.0 Å². The quantitative estimate of drug-likeness (QED) is 0.211. The van der Waals surface area contributed by atoms with Gasteiger partial charge >= 0.3 is 0 Å². The molecule has 0 spiro atoms. The summed E-state index contributed by atoms with van der Waals surface area (Å²) in [6, 6.07) is 21.0. The van der Waals surface area contributed by atoms with Gasteiger partial charge in [0.2, 0.25) is 0 Å². The maximum atomic E-state index is 6.07. The Labute approximate surface area is 202 Å². The largest absolute Gasteiger partial charge is 0.490 e. The Bertz CT molecular complexity index is 1090. The van der Waals surface area contributed by atoms with Crippen LogP contribution in [0.15, 0.2) is 76.9 Å². The van der Waals surface area contributed by atoms with Gasteiger partial charge in [0, 0.05) is 5.75 Å². The Morgan fingerprint density at radius 1 is 0.938 bits per heavy atom. The van der Waals surface area contributed by atoms with Crippen molar-refractivity contribution < 1.29 is 9.47 Å². The van der Waals surface area contributed by atoms with Crippen LogP contribution < -0.4 is 15.2 Å². The lowest BCUT2D eigenvalue weighted by molar-refractivity contribution is 0.269. The highest BCUT2D eigenvalue weighted by Crippen LogP contribution is 2.30. The highest BCUT2D eigenvalue weighted by molar-refractivity contribution is 8.13. The average Bonchev–Trinajstić information content (AvgIpc) is 2.80. The number of rotatable bonds is 9. The van der Waals surface area contributed by atoms with Crippen LogP contribution in [0.1, 0.15) is 23.6 Å². The predicted octanol–water partition coefficient (Wildman–Crippen LogP) is 6.55. The van der Waals surface area contributed by atoms with E-state index in [1.165, 1.54) is 17.3 Å². The van der Waals surface area contributed by atoms with Crippen molar-refractivity contribution in [1.29, 1.82) is 0 Å². The molecule has 0 amide bonds. The van der Waals surface area contributed by atoms with Crippen molar-refractivity contribution >= 4 is 46.3 Å².